The molecule has 25 heavy (non-hydrogen) atoms. The van der Waals surface area contributed by atoms with Crippen molar-refractivity contribution in [1.82, 2.24) is 0 Å². The van der Waals surface area contributed by atoms with Gasteiger partial charge in [0.15, 0.2) is 0 Å². The molecule has 0 aromatic heterocycles. The fraction of sp³-hybridized carbons (Fsp3) is 0.167. The molecule has 122 valence electrons. The van der Waals surface area contributed by atoms with Crippen LogP contribution in [-0.2, 0) is 0 Å². The Balaban J connectivity index is 2.35. The summed E-state index contributed by atoms with van der Waals surface area (Å²) in [5.41, 5.74) is 13.4. The summed E-state index contributed by atoms with van der Waals surface area (Å²) in [4.78, 5) is 0. The highest BCUT2D eigenvalue weighted by atomic mass is 16.5. The first-order valence-corrected chi connectivity index (χ1v) is 7.32. The Morgan fingerprint density at radius 2 is 1.84 bits per heavy atom. The molecule has 0 fully saturated rings. The average Bonchev–Trinajstić information content (AvgIpc) is 2.62. The third-order valence-corrected chi connectivity index (χ3v) is 4.21. The largest absolute Gasteiger partial charge is 0.497 e. The number of hydrogen-bond donors (Lipinski definition) is 2. The van der Waals surface area contributed by atoms with E-state index < -0.39 is 11.8 Å². The third-order valence-electron chi connectivity index (χ3n) is 4.21. The molecule has 1 aliphatic rings. The molecule has 0 saturated heterocycles. The fourth-order valence-electron chi connectivity index (χ4n) is 3.03. The van der Waals surface area contributed by atoms with Crippen molar-refractivity contribution in [2.24, 2.45) is 5.92 Å². The normalized spacial score (nSPS) is 14.3. The Bertz CT molecular complexity index is 980. The number of fused-ring (bicyclic) bond motifs is 2. The van der Waals surface area contributed by atoms with Crippen LogP contribution in [-0.4, -0.2) is 7.11 Å². The summed E-state index contributed by atoms with van der Waals surface area (Å²) in [5, 5.41) is 28.2. The molecule has 0 spiro atoms. The Kier molecular flexibility index (Phi) is 3.81. The number of nitrogen functional groups attached to an aromatic ring is 2. The molecule has 2 aromatic carbocycles. The zero-order chi connectivity index (χ0) is 18.1. The average molecular weight is 331 g/mol. The number of methoxy groups -OCH3 is 1. The van der Waals surface area contributed by atoms with Crippen molar-refractivity contribution < 1.29 is 9.47 Å². The highest BCUT2D eigenvalue weighted by Gasteiger charge is 2.37. The van der Waals surface area contributed by atoms with Crippen LogP contribution in [0, 0.1) is 39.9 Å². The quantitative estimate of drug-likeness (QED) is 0.805. The summed E-state index contributed by atoms with van der Waals surface area (Å²) in [5.74, 6) is -0.327. The minimum Gasteiger partial charge on any atom is -0.497 e. The van der Waals surface area contributed by atoms with E-state index in [1.165, 1.54) is 13.2 Å². The molecule has 0 radical (unpaired) electrons. The molecule has 2 aromatic rings. The molecule has 1 unspecified atom stereocenters. The van der Waals surface area contributed by atoms with E-state index in [2.05, 4.69) is 0 Å². The fourth-order valence-corrected chi connectivity index (χ4v) is 3.03. The van der Waals surface area contributed by atoms with Crippen molar-refractivity contribution in [3.8, 4) is 35.5 Å². The molecule has 0 aliphatic carbocycles. The van der Waals surface area contributed by atoms with Crippen LogP contribution in [0.15, 0.2) is 24.3 Å². The number of nitrogens with two attached hydrogens (primary N) is 2. The zero-order valence-corrected chi connectivity index (χ0v) is 13.3. The lowest BCUT2D eigenvalue weighted by molar-refractivity contribution is 0.406. The van der Waals surface area contributed by atoms with Crippen molar-refractivity contribution >= 4 is 11.4 Å². The van der Waals surface area contributed by atoms with Crippen molar-refractivity contribution in [1.29, 1.82) is 15.8 Å². The van der Waals surface area contributed by atoms with Crippen LogP contribution in [0.2, 0.25) is 0 Å². The van der Waals surface area contributed by atoms with Crippen LogP contribution in [0.3, 0.4) is 0 Å². The van der Waals surface area contributed by atoms with Crippen LogP contribution >= 0.6 is 0 Å². The second-order valence-corrected chi connectivity index (χ2v) is 5.50. The van der Waals surface area contributed by atoms with E-state index in [4.69, 9.17) is 20.9 Å². The summed E-state index contributed by atoms with van der Waals surface area (Å²) in [7, 11) is 1.52. The predicted octanol–water partition coefficient (Wildman–Crippen LogP) is 2.63. The van der Waals surface area contributed by atoms with Crippen molar-refractivity contribution in [2.75, 3.05) is 18.6 Å². The minimum absolute atomic E-state index is 0.105. The second kappa shape index (κ2) is 5.96. The van der Waals surface area contributed by atoms with Gasteiger partial charge in [0.1, 0.15) is 29.2 Å². The van der Waals surface area contributed by atoms with Gasteiger partial charge in [0.2, 0.25) is 0 Å². The number of hydrogen-bond acceptors (Lipinski definition) is 7. The molecule has 1 aliphatic heterocycles. The van der Waals surface area contributed by atoms with Gasteiger partial charge in [-0.2, -0.15) is 15.8 Å². The second-order valence-electron chi connectivity index (χ2n) is 5.50. The number of ether oxygens (including phenoxy) is 2. The van der Waals surface area contributed by atoms with Crippen LogP contribution in [0.1, 0.15) is 22.6 Å². The highest BCUT2D eigenvalue weighted by molar-refractivity contribution is 5.78. The lowest BCUT2D eigenvalue weighted by atomic mass is 9.78. The van der Waals surface area contributed by atoms with Crippen molar-refractivity contribution in [3.05, 3.63) is 41.0 Å². The Morgan fingerprint density at radius 3 is 2.44 bits per heavy atom. The maximum atomic E-state index is 9.45. The van der Waals surface area contributed by atoms with E-state index in [0.29, 0.717) is 28.4 Å². The first-order valence-electron chi connectivity index (χ1n) is 7.32. The van der Waals surface area contributed by atoms with E-state index in [0.717, 1.165) is 0 Å². The number of rotatable bonds is 2. The third kappa shape index (κ3) is 2.34. The number of nitrogens with zero attached hydrogens (tertiary/aromatic N) is 3. The van der Waals surface area contributed by atoms with Crippen molar-refractivity contribution in [2.45, 2.75) is 5.92 Å². The molecule has 7 nitrogen and oxygen atoms in total. The molecule has 0 saturated carbocycles. The van der Waals surface area contributed by atoms with Gasteiger partial charge in [-0.25, -0.2) is 0 Å². The summed E-state index contributed by atoms with van der Waals surface area (Å²) in [6, 6.07) is 12.6. The molecule has 4 N–H and O–H groups in total. The molecule has 7 heteroatoms. The van der Waals surface area contributed by atoms with Crippen LogP contribution < -0.4 is 20.9 Å². The molecule has 1 atom stereocenters. The van der Waals surface area contributed by atoms with Crippen molar-refractivity contribution in [3.63, 3.8) is 0 Å². The summed E-state index contributed by atoms with van der Waals surface area (Å²) in [6.07, 6.45) is 0. The topological polar surface area (TPSA) is 142 Å². The van der Waals surface area contributed by atoms with E-state index in [9.17, 15) is 15.8 Å². The monoisotopic (exact) mass is 331 g/mol. The first-order chi connectivity index (χ1) is 12.0. The van der Waals surface area contributed by atoms with E-state index in [1.54, 1.807) is 18.2 Å². The van der Waals surface area contributed by atoms with Crippen LogP contribution in [0.5, 0.6) is 17.2 Å². The van der Waals surface area contributed by atoms with Crippen LogP contribution in [0.4, 0.5) is 11.4 Å². The molecular formula is C18H13N5O2. The summed E-state index contributed by atoms with van der Waals surface area (Å²) < 4.78 is 11.1. The zero-order valence-electron chi connectivity index (χ0n) is 13.3. The van der Waals surface area contributed by atoms with Gasteiger partial charge < -0.3 is 20.9 Å². The van der Waals surface area contributed by atoms with Crippen LogP contribution in [0.25, 0.3) is 0 Å². The molecule has 1 heterocycles. The van der Waals surface area contributed by atoms with Gasteiger partial charge in [0.05, 0.1) is 36.2 Å². The van der Waals surface area contributed by atoms with Gasteiger partial charge in [-0.05, 0) is 18.2 Å². The van der Waals surface area contributed by atoms with Gasteiger partial charge >= 0.3 is 0 Å². The standard InChI is InChI=1S/C18H13N5O2/c1-24-10-2-3-14-11(4-10)16(9(6-19)7-20)17-15(25-14)5-13(22)12(8-21)18(17)23/h2-5,9,16H,22-23H2,1H3. The number of benzene rings is 2. The summed E-state index contributed by atoms with van der Waals surface area (Å²) >= 11 is 0. The lowest BCUT2D eigenvalue weighted by Gasteiger charge is -2.30. The van der Waals surface area contributed by atoms with Gasteiger partial charge in [-0.3, -0.25) is 0 Å². The first kappa shape index (κ1) is 16.0. The predicted molar refractivity (Wildman–Crippen MR) is 89.6 cm³/mol. The van der Waals surface area contributed by atoms with Gasteiger partial charge in [0.25, 0.3) is 0 Å². The Hall–Kier alpha value is -3.89. The minimum atomic E-state index is -1.02. The van der Waals surface area contributed by atoms with E-state index in [-0.39, 0.29) is 16.9 Å². The smallest absolute Gasteiger partial charge is 0.144 e. The molecule has 0 bridgehead atoms. The van der Waals surface area contributed by atoms with Gasteiger partial charge in [-0.15, -0.1) is 0 Å². The highest BCUT2D eigenvalue weighted by Crippen LogP contribution is 2.52. The number of anilines is 2. The van der Waals surface area contributed by atoms with E-state index >= 15 is 0 Å². The Morgan fingerprint density at radius 1 is 1.12 bits per heavy atom. The molecular weight excluding hydrogens is 318 g/mol. The molecule has 3 rings (SSSR count). The van der Waals surface area contributed by atoms with E-state index in [1.807, 2.05) is 18.2 Å². The summed E-state index contributed by atoms with van der Waals surface area (Å²) in [6.45, 7) is 0. The lowest BCUT2D eigenvalue weighted by Crippen LogP contribution is -2.20. The Labute approximate surface area is 144 Å². The van der Waals surface area contributed by atoms with Gasteiger partial charge in [0, 0.05) is 23.1 Å². The van der Waals surface area contributed by atoms with Gasteiger partial charge in [-0.1, -0.05) is 0 Å². The SMILES string of the molecule is COc1ccc2c(c1)C(C(C#N)C#N)c1c(cc(N)c(C#N)c1N)O2. The maximum absolute atomic E-state index is 9.45. The molecule has 0 amide bonds. The maximum Gasteiger partial charge on any atom is 0.144 e. The number of nitriles is 3.